The molecule has 0 aliphatic heterocycles. The van der Waals surface area contributed by atoms with Gasteiger partial charge >= 0.3 is 0 Å². The number of rotatable bonds is 11. The molecule has 3 aromatic rings. The number of ether oxygens (including phenoxy) is 2. The van der Waals surface area contributed by atoms with Crippen LogP contribution in [0, 0.1) is 6.92 Å². The van der Waals surface area contributed by atoms with Crippen molar-refractivity contribution in [2.45, 2.75) is 26.8 Å². The van der Waals surface area contributed by atoms with Crippen LogP contribution in [0.25, 0.3) is 10.8 Å². The van der Waals surface area contributed by atoms with Gasteiger partial charge in [-0.05, 0) is 55.8 Å². The average Bonchev–Trinajstić information content (AvgIpc) is 2.76. The summed E-state index contributed by atoms with van der Waals surface area (Å²) in [5, 5.41) is 8.62. The number of anilines is 1. The minimum Gasteiger partial charge on any atom is -0.483 e. The molecule has 0 fully saturated rings. The predicted molar refractivity (Wildman–Crippen MR) is 122 cm³/mol. The Kier molecular flexibility index (Phi) is 8.24. The topological polar surface area (TPSA) is 59.6 Å². The highest BCUT2D eigenvalue weighted by molar-refractivity contribution is 5.92. The summed E-state index contributed by atoms with van der Waals surface area (Å²) in [6, 6.07) is 19.9. The summed E-state index contributed by atoms with van der Waals surface area (Å²) in [6.45, 7) is 7.00. The van der Waals surface area contributed by atoms with Gasteiger partial charge in [0, 0.05) is 31.0 Å². The molecule has 0 bridgehead atoms. The van der Waals surface area contributed by atoms with Gasteiger partial charge in [-0.15, -0.1) is 0 Å². The van der Waals surface area contributed by atoms with Gasteiger partial charge in [0.25, 0.3) is 5.91 Å². The molecule has 0 saturated heterocycles. The summed E-state index contributed by atoms with van der Waals surface area (Å²) >= 11 is 0. The summed E-state index contributed by atoms with van der Waals surface area (Å²) in [5.74, 6) is 0.549. The molecule has 0 heterocycles. The minimum absolute atomic E-state index is 0.0381. The number of hydrogen-bond donors (Lipinski definition) is 2. The van der Waals surface area contributed by atoms with Gasteiger partial charge in [0.2, 0.25) is 0 Å². The van der Waals surface area contributed by atoms with Gasteiger partial charge in [-0.3, -0.25) is 4.79 Å². The van der Waals surface area contributed by atoms with Crippen molar-refractivity contribution in [3.05, 3.63) is 71.8 Å². The van der Waals surface area contributed by atoms with Gasteiger partial charge in [0.05, 0.1) is 0 Å². The van der Waals surface area contributed by atoms with E-state index in [1.165, 1.54) is 0 Å². The van der Waals surface area contributed by atoms with Crippen LogP contribution in [0.4, 0.5) is 5.69 Å². The Hall–Kier alpha value is -2.89. The van der Waals surface area contributed by atoms with Gasteiger partial charge in [0.1, 0.15) is 5.75 Å². The summed E-state index contributed by atoms with van der Waals surface area (Å²) in [7, 11) is 0. The number of benzene rings is 3. The number of nitrogens with one attached hydrogen (secondary N) is 2. The second-order valence-electron chi connectivity index (χ2n) is 7.19. The molecule has 0 atom stereocenters. The molecule has 2 N–H and O–H groups in total. The fourth-order valence-electron chi connectivity index (χ4n) is 3.27. The van der Waals surface area contributed by atoms with Crippen molar-refractivity contribution in [3.63, 3.8) is 0 Å². The standard InChI is InChI=1S/C25H30N2O3/c1-3-29-16-6-15-26-17-23-22-8-5-4-7-20(22)11-14-24(23)30-18-25(28)27-21-12-9-19(2)10-13-21/h4-5,7-14,26H,3,6,15-18H2,1-2H3,(H,27,28). The lowest BCUT2D eigenvalue weighted by molar-refractivity contribution is -0.118. The SMILES string of the molecule is CCOCCCNCc1c(OCC(=O)Nc2ccc(C)cc2)ccc2ccccc12. The number of fused-ring (bicyclic) bond motifs is 1. The van der Waals surface area contributed by atoms with E-state index in [4.69, 9.17) is 9.47 Å². The van der Waals surface area contributed by atoms with Crippen LogP contribution in [0.5, 0.6) is 5.75 Å². The molecule has 0 aliphatic rings. The van der Waals surface area contributed by atoms with Crippen LogP contribution in [0.2, 0.25) is 0 Å². The first-order valence-electron chi connectivity index (χ1n) is 10.5. The third-order valence-corrected chi connectivity index (χ3v) is 4.84. The Morgan fingerprint density at radius 1 is 1.00 bits per heavy atom. The number of carbonyl (C=O) groups excluding carboxylic acids is 1. The zero-order valence-electron chi connectivity index (χ0n) is 17.7. The molecule has 0 saturated carbocycles. The van der Waals surface area contributed by atoms with Crippen molar-refractivity contribution >= 4 is 22.4 Å². The maximum Gasteiger partial charge on any atom is 0.262 e. The van der Waals surface area contributed by atoms with Crippen LogP contribution in [0.3, 0.4) is 0 Å². The Morgan fingerprint density at radius 3 is 2.60 bits per heavy atom. The van der Waals surface area contributed by atoms with Crippen LogP contribution < -0.4 is 15.4 Å². The normalized spacial score (nSPS) is 10.9. The highest BCUT2D eigenvalue weighted by Crippen LogP contribution is 2.28. The Bertz CT molecular complexity index is 954. The van der Waals surface area contributed by atoms with Crippen molar-refractivity contribution in [2.75, 3.05) is 31.7 Å². The number of amides is 1. The first-order chi connectivity index (χ1) is 14.7. The predicted octanol–water partition coefficient (Wildman–Crippen LogP) is 4.68. The molecule has 5 heteroatoms. The van der Waals surface area contributed by atoms with E-state index in [2.05, 4.69) is 22.8 Å². The second kappa shape index (κ2) is 11.3. The van der Waals surface area contributed by atoms with Crippen LogP contribution >= 0.6 is 0 Å². The van der Waals surface area contributed by atoms with E-state index in [-0.39, 0.29) is 12.5 Å². The van der Waals surface area contributed by atoms with Crippen molar-refractivity contribution in [3.8, 4) is 5.75 Å². The van der Waals surface area contributed by atoms with E-state index < -0.39 is 0 Å². The van der Waals surface area contributed by atoms with Gasteiger partial charge in [0.15, 0.2) is 6.61 Å². The second-order valence-corrected chi connectivity index (χ2v) is 7.19. The lowest BCUT2D eigenvalue weighted by Gasteiger charge is -2.15. The highest BCUT2D eigenvalue weighted by atomic mass is 16.5. The average molecular weight is 407 g/mol. The maximum absolute atomic E-state index is 12.3. The molecule has 0 unspecified atom stereocenters. The molecular weight excluding hydrogens is 376 g/mol. The first kappa shape index (κ1) is 21.8. The van der Waals surface area contributed by atoms with E-state index in [0.29, 0.717) is 6.54 Å². The highest BCUT2D eigenvalue weighted by Gasteiger charge is 2.11. The van der Waals surface area contributed by atoms with E-state index in [0.717, 1.165) is 59.5 Å². The fraction of sp³-hybridized carbons (Fsp3) is 0.320. The van der Waals surface area contributed by atoms with Gasteiger partial charge in [-0.1, -0.05) is 48.0 Å². The Labute approximate surface area is 178 Å². The zero-order chi connectivity index (χ0) is 21.2. The molecule has 0 radical (unpaired) electrons. The Balaban J connectivity index is 1.64. The lowest BCUT2D eigenvalue weighted by atomic mass is 10.0. The molecule has 0 aromatic heterocycles. The van der Waals surface area contributed by atoms with E-state index in [1.54, 1.807) is 0 Å². The fourth-order valence-corrected chi connectivity index (χ4v) is 3.27. The number of aryl methyl sites for hydroxylation is 1. The third-order valence-electron chi connectivity index (χ3n) is 4.84. The molecule has 0 spiro atoms. The summed E-state index contributed by atoms with van der Waals surface area (Å²) in [5.41, 5.74) is 2.98. The van der Waals surface area contributed by atoms with Crippen LogP contribution in [-0.2, 0) is 16.1 Å². The monoisotopic (exact) mass is 406 g/mol. The first-order valence-corrected chi connectivity index (χ1v) is 10.5. The van der Waals surface area contributed by atoms with Crippen LogP contribution in [0.15, 0.2) is 60.7 Å². The molecule has 5 nitrogen and oxygen atoms in total. The Morgan fingerprint density at radius 2 is 1.80 bits per heavy atom. The van der Waals surface area contributed by atoms with Crippen LogP contribution in [-0.4, -0.2) is 32.3 Å². The molecular formula is C25H30N2O3. The summed E-state index contributed by atoms with van der Waals surface area (Å²) in [4.78, 5) is 12.3. The lowest BCUT2D eigenvalue weighted by Crippen LogP contribution is -2.21. The zero-order valence-corrected chi connectivity index (χ0v) is 17.7. The largest absolute Gasteiger partial charge is 0.483 e. The van der Waals surface area contributed by atoms with Crippen LogP contribution in [0.1, 0.15) is 24.5 Å². The van der Waals surface area contributed by atoms with E-state index in [1.807, 2.05) is 62.4 Å². The minimum atomic E-state index is -0.178. The number of carbonyl (C=O) groups is 1. The molecule has 1 amide bonds. The molecule has 158 valence electrons. The van der Waals surface area contributed by atoms with Crippen molar-refractivity contribution in [1.82, 2.24) is 5.32 Å². The molecule has 30 heavy (non-hydrogen) atoms. The molecule has 3 aromatic carbocycles. The quantitative estimate of drug-likeness (QED) is 0.454. The van der Waals surface area contributed by atoms with E-state index >= 15 is 0 Å². The number of hydrogen-bond acceptors (Lipinski definition) is 4. The maximum atomic E-state index is 12.3. The van der Waals surface area contributed by atoms with Gasteiger partial charge in [-0.2, -0.15) is 0 Å². The summed E-state index contributed by atoms with van der Waals surface area (Å²) in [6.07, 6.45) is 0.952. The van der Waals surface area contributed by atoms with Crippen molar-refractivity contribution < 1.29 is 14.3 Å². The summed E-state index contributed by atoms with van der Waals surface area (Å²) < 4.78 is 11.3. The smallest absolute Gasteiger partial charge is 0.262 e. The molecule has 0 aliphatic carbocycles. The van der Waals surface area contributed by atoms with Gasteiger partial charge in [-0.25, -0.2) is 0 Å². The van der Waals surface area contributed by atoms with Gasteiger partial charge < -0.3 is 20.1 Å². The third kappa shape index (κ3) is 6.31. The van der Waals surface area contributed by atoms with Crippen molar-refractivity contribution in [2.24, 2.45) is 0 Å². The van der Waals surface area contributed by atoms with E-state index in [9.17, 15) is 4.79 Å². The molecule has 3 rings (SSSR count). The van der Waals surface area contributed by atoms with Crippen molar-refractivity contribution in [1.29, 1.82) is 0 Å².